The molecular formula is C14H17N3O2. The van der Waals surface area contributed by atoms with Gasteiger partial charge in [-0.15, -0.1) is 0 Å². The second-order valence-electron chi connectivity index (χ2n) is 4.10. The zero-order valence-electron chi connectivity index (χ0n) is 11.1. The first-order chi connectivity index (χ1) is 9.21. The average molecular weight is 259 g/mol. The third kappa shape index (κ3) is 3.58. The number of anilines is 1. The number of benzene rings is 1. The third-order valence-corrected chi connectivity index (χ3v) is 2.59. The summed E-state index contributed by atoms with van der Waals surface area (Å²) in [6.45, 7) is 2.15. The zero-order chi connectivity index (χ0) is 13.7. The molecule has 0 saturated heterocycles. The molecule has 100 valence electrons. The zero-order valence-corrected chi connectivity index (χ0v) is 11.1. The number of methoxy groups -OCH3 is 1. The minimum absolute atomic E-state index is 0.122. The molecule has 0 aliphatic rings. The number of hydrogen-bond acceptors (Lipinski definition) is 5. The van der Waals surface area contributed by atoms with Crippen LogP contribution in [0.5, 0.6) is 17.5 Å². The molecule has 0 spiro atoms. The average Bonchev–Trinajstić information content (AvgIpc) is 2.40. The van der Waals surface area contributed by atoms with E-state index in [0.717, 1.165) is 12.8 Å². The Morgan fingerprint density at radius 3 is 2.42 bits per heavy atom. The van der Waals surface area contributed by atoms with E-state index in [-0.39, 0.29) is 5.95 Å². The molecule has 2 aromatic rings. The molecule has 0 aliphatic carbocycles. The van der Waals surface area contributed by atoms with Crippen LogP contribution in [0.1, 0.15) is 18.9 Å². The van der Waals surface area contributed by atoms with Crippen LogP contribution in [0, 0.1) is 0 Å². The van der Waals surface area contributed by atoms with Crippen molar-refractivity contribution in [1.29, 1.82) is 0 Å². The van der Waals surface area contributed by atoms with Gasteiger partial charge in [0.2, 0.25) is 17.7 Å². The van der Waals surface area contributed by atoms with Crippen LogP contribution < -0.4 is 15.2 Å². The van der Waals surface area contributed by atoms with E-state index in [1.165, 1.54) is 12.7 Å². The maximum atomic E-state index is 5.62. The Labute approximate surface area is 112 Å². The van der Waals surface area contributed by atoms with Gasteiger partial charge in [0.1, 0.15) is 5.75 Å². The predicted octanol–water partition coefficient (Wildman–Crippen LogP) is 2.81. The fourth-order valence-electron chi connectivity index (χ4n) is 1.71. The lowest BCUT2D eigenvalue weighted by atomic mass is 10.1. The van der Waals surface area contributed by atoms with Gasteiger partial charge in [0.15, 0.2) is 0 Å². The lowest BCUT2D eigenvalue weighted by Crippen LogP contribution is -1.99. The van der Waals surface area contributed by atoms with Crippen molar-refractivity contribution >= 4 is 5.95 Å². The molecule has 2 N–H and O–H groups in total. The maximum Gasteiger partial charge on any atom is 0.227 e. The molecule has 0 unspecified atom stereocenters. The summed E-state index contributed by atoms with van der Waals surface area (Å²) in [7, 11) is 1.52. The summed E-state index contributed by atoms with van der Waals surface area (Å²) in [5, 5.41) is 0. The Morgan fingerprint density at radius 2 is 1.79 bits per heavy atom. The van der Waals surface area contributed by atoms with Gasteiger partial charge in [-0.05, 0) is 24.1 Å². The molecule has 5 nitrogen and oxygen atoms in total. The predicted molar refractivity (Wildman–Crippen MR) is 73.5 cm³/mol. The van der Waals surface area contributed by atoms with Gasteiger partial charge >= 0.3 is 0 Å². The number of ether oxygens (including phenoxy) is 2. The van der Waals surface area contributed by atoms with Crippen molar-refractivity contribution in [3.8, 4) is 17.5 Å². The largest absolute Gasteiger partial charge is 0.481 e. The van der Waals surface area contributed by atoms with Gasteiger partial charge < -0.3 is 15.2 Å². The first kappa shape index (κ1) is 13.1. The number of aromatic nitrogens is 2. The van der Waals surface area contributed by atoms with E-state index in [1.807, 2.05) is 24.3 Å². The van der Waals surface area contributed by atoms with Crippen molar-refractivity contribution < 1.29 is 9.47 Å². The van der Waals surface area contributed by atoms with Gasteiger partial charge in [-0.25, -0.2) is 0 Å². The molecule has 19 heavy (non-hydrogen) atoms. The fraction of sp³-hybridized carbons (Fsp3) is 0.286. The standard InChI is InChI=1S/C14H17N3O2/c1-3-4-10-5-7-11(8-6-10)19-13-9-12(18-2)16-14(15)17-13/h5-9H,3-4H2,1-2H3,(H2,15,16,17). The molecule has 1 aromatic heterocycles. The second-order valence-corrected chi connectivity index (χ2v) is 4.10. The number of aryl methyl sites for hydroxylation is 1. The second kappa shape index (κ2) is 6.04. The van der Waals surface area contributed by atoms with Crippen LogP contribution in [-0.2, 0) is 6.42 Å². The maximum absolute atomic E-state index is 5.62. The number of nitrogen functional groups attached to an aromatic ring is 1. The van der Waals surface area contributed by atoms with E-state index in [4.69, 9.17) is 15.2 Å². The Morgan fingerprint density at radius 1 is 1.11 bits per heavy atom. The van der Waals surface area contributed by atoms with Crippen molar-refractivity contribution in [1.82, 2.24) is 9.97 Å². The highest BCUT2D eigenvalue weighted by molar-refractivity contribution is 5.34. The van der Waals surface area contributed by atoms with Crippen LogP contribution in [0.15, 0.2) is 30.3 Å². The first-order valence-corrected chi connectivity index (χ1v) is 6.16. The smallest absolute Gasteiger partial charge is 0.227 e. The van der Waals surface area contributed by atoms with E-state index in [0.29, 0.717) is 17.5 Å². The molecule has 0 aliphatic heterocycles. The first-order valence-electron chi connectivity index (χ1n) is 6.16. The molecule has 0 atom stereocenters. The molecule has 5 heteroatoms. The van der Waals surface area contributed by atoms with Gasteiger partial charge in [0.25, 0.3) is 0 Å². The fourth-order valence-corrected chi connectivity index (χ4v) is 1.71. The summed E-state index contributed by atoms with van der Waals surface area (Å²) in [5.74, 6) is 1.58. The summed E-state index contributed by atoms with van der Waals surface area (Å²) < 4.78 is 10.6. The molecule has 0 amide bonds. The highest BCUT2D eigenvalue weighted by atomic mass is 16.5. The Balaban J connectivity index is 2.14. The quantitative estimate of drug-likeness (QED) is 0.894. The molecule has 1 aromatic carbocycles. The SMILES string of the molecule is CCCc1ccc(Oc2cc(OC)nc(N)n2)cc1. The topological polar surface area (TPSA) is 70.3 Å². The number of nitrogens with two attached hydrogens (primary N) is 1. The number of rotatable bonds is 5. The minimum atomic E-state index is 0.122. The third-order valence-electron chi connectivity index (χ3n) is 2.59. The van der Waals surface area contributed by atoms with Gasteiger partial charge in [-0.1, -0.05) is 25.5 Å². The molecule has 1 heterocycles. The minimum Gasteiger partial charge on any atom is -0.481 e. The van der Waals surface area contributed by atoms with Gasteiger partial charge in [-0.2, -0.15) is 9.97 Å². The summed E-state index contributed by atoms with van der Waals surface area (Å²) in [4.78, 5) is 7.90. The summed E-state index contributed by atoms with van der Waals surface area (Å²) in [6.07, 6.45) is 2.19. The van der Waals surface area contributed by atoms with Crippen molar-refractivity contribution in [2.75, 3.05) is 12.8 Å². The van der Waals surface area contributed by atoms with Crippen molar-refractivity contribution in [2.24, 2.45) is 0 Å². The summed E-state index contributed by atoms with van der Waals surface area (Å²) >= 11 is 0. The summed E-state index contributed by atoms with van der Waals surface area (Å²) in [6, 6.07) is 9.50. The normalized spacial score (nSPS) is 10.2. The van der Waals surface area contributed by atoms with Crippen LogP contribution in [-0.4, -0.2) is 17.1 Å². The van der Waals surface area contributed by atoms with E-state index >= 15 is 0 Å². The van der Waals surface area contributed by atoms with Crippen LogP contribution in [0.25, 0.3) is 0 Å². The van der Waals surface area contributed by atoms with Gasteiger partial charge in [0, 0.05) is 0 Å². The monoisotopic (exact) mass is 259 g/mol. The van der Waals surface area contributed by atoms with E-state index in [2.05, 4.69) is 16.9 Å². The van der Waals surface area contributed by atoms with Crippen LogP contribution in [0.4, 0.5) is 5.95 Å². The van der Waals surface area contributed by atoms with E-state index < -0.39 is 0 Å². The lowest BCUT2D eigenvalue weighted by Gasteiger charge is -2.07. The van der Waals surface area contributed by atoms with Gasteiger partial charge in [0.05, 0.1) is 13.2 Å². The Hall–Kier alpha value is -2.30. The Kier molecular flexibility index (Phi) is 4.18. The molecule has 0 saturated carbocycles. The molecular weight excluding hydrogens is 242 g/mol. The molecule has 0 bridgehead atoms. The molecule has 2 rings (SSSR count). The summed E-state index contributed by atoms with van der Waals surface area (Å²) in [5.41, 5.74) is 6.86. The van der Waals surface area contributed by atoms with Crippen LogP contribution in [0.2, 0.25) is 0 Å². The Bertz CT molecular complexity index is 541. The van der Waals surface area contributed by atoms with Crippen LogP contribution in [0.3, 0.4) is 0 Å². The number of nitrogens with zero attached hydrogens (tertiary/aromatic N) is 2. The van der Waals surface area contributed by atoms with Crippen LogP contribution >= 0.6 is 0 Å². The van der Waals surface area contributed by atoms with E-state index in [9.17, 15) is 0 Å². The lowest BCUT2D eigenvalue weighted by molar-refractivity contribution is 0.389. The molecule has 0 fully saturated rings. The van der Waals surface area contributed by atoms with Crippen molar-refractivity contribution in [2.45, 2.75) is 19.8 Å². The van der Waals surface area contributed by atoms with Crippen molar-refractivity contribution in [3.63, 3.8) is 0 Å². The molecule has 0 radical (unpaired) electrons. The highest BCUT2D eigenvalue weighted by Crippen LogP contribution is 2.23. The number of hydrogen-bond donors (Lipinski definition) is 1. The van der Waals surface area contributed by atoms with E-state index in [1.54, 1.807) is 6.07 Å². The van der Waals surface area contributed by atoms with Gasteiger partial charge in [-0.3, -0.25) is 0 Å². The highest BCUT2D eigenvalue weighted by Gasteiger charge is 2.05. The van der Waals surface area contributed by atoms with Crippen molar-refractivity contribution in [3.05, 3.63) is 35.9 Å².